The Morgan fingerprint density at radius 2 is 1.96 bits per heavy atom. The van der Waals surface area contributed by atoms with E-state index in [0.717, 1.165) is 32.4 Å². The second-order valence-corrected chi connectivity index (χ2v) is 6.18. The van der Waals surface area contributed by atoms with Crippen molar-refractivity contribution in [3.63, 3.8) is 0 Å². The van der Waals surface area contributed by atoms with Gasteiger partial charge in [0.15, 0.2) is 0 Å². The molecule has 0 saturated carbocycles. The van der Waals surface area contributed by atoms with Gasteiger partial charge in [0.05, 0.1) is 0 Å². The Kier molecular flexibility index (Phi) is 7.55. The van der Waals surface area contributed by atoms with Crippen LogP contribution in [0.25, 0.3) is 10.8 Å². The van der Waals surface area contributed by atoms with Crippen LogP contribution in [0.4, 0.5) is 0 Å². The highest BCUT2D eigenvalue weighted by atomic mass is 16.3. The number of unbranched alkanes of at least 4 members (excludes halogenated alkanes) is 1. The Hall–Kier alpha value is -2.08. The van der Waals surface area contributed by atoms with Gasteiger partial charge >= 0.3 is 0 Å². The molecule has 1 N–H and O–H groups in total. The average Bonchev–Trinajstić information content (AvgIpc) is 2.60. The minimum absolute atomic E-state index is 0.497. The molecule has 2 nitrogen and oxygen atoms in total. The number of likely N-dealkylation sites (N-methyl/N-ethyl adjacent to an activating group) is 1. The first kappa shape index (κ1) is 18.3. The Morgan fingerprint density at radius 3 is 2.79 bits per heavy atom. The first-order chi connectivity index (χ1) is 11.7. The van der Waals surface area contributed by atoms with Crippen LogP contribution in [-0.2, 0) is 6.54 Å². The molecule has 24 heavy (non-hydrogen) atoms. The van der Waals surface area contributed by atoms with Crippen LogP contribution in [-0.4, -0.2) is 29.7 Å². The minimum Gasteiger partial charge on any atom is -0.380 e. The maximum atomic E-state index is 9.67. The lowest BCUT2D eigenvalue weighted by Crippen LogP contribution is -2.17. The number of allylic oxidation sites excluding steroid dienone is 1. The smallest absolute Gasteiger partial charge is 0.115 e. The third-order valence-corrected chi connectivity index (χ3v) is 4.02. The third kappa shape index (κ3) is 5.85. The molecule has 1 unspecified atom stereocenters. The molecule has 0 aliphatic carbocycles. The summed E-state index contributed by atoms with van der Waals surface area (Å²) in [7, 11) is 2.11. The number of hydrogen-bond acceptors (Lipinski definition) is 2. The van der Waals surface area contributed by atoms with Crippen LogP contribution in [0.1, 0.15) is 31.7 Å². The van der Waals surface area contributed by atoms with Crippen molar-refractivity contribution in [2.24, 2.45) is 0 Å². The molecule has 2 heteroatoms. The predicted molar refractivity (Wildman–Crippen MR) is 103 cm³/mol. The largest absolute Gasteiger partial charge is 0.380 e. The van der Waals surface area contributed by atoms with Gasteiger partial charge in [-0.3, -0.25) is 4.90 Å². The SMILES string of the molecule is CCCCC(O)C#C/C=C/CN(C)Cc1cccc2ccccc12. The van der Waals surface area contributed by atoms with E-state index in [-0.39, 0.29) is 0 Å². The summed E-state index contributed by atoms with van der Waals surface area (Å²) < 4.78 is 0. The van der Waals surface area contributed by atoms with Gasteiger partial charge in [0, 0.05) is 13.1 Å². The lowest BCUT2D eigenvalue weighted by molar-refractivity contribution is 0.218. The van der Waals surface area contributed by atoms with Gasteiger partial charge in [-0.1, -0.05) is 80.1 Å². The van der Waals surface area contributed by atoms with E-state index in [0.29, 0.717) is 0 Å². The lowest BCUT2D eigenvalue weighted by atomic mass is 10.0. The summed E-state index contributed by atoms with van der Waals surface area (Å²) in [6.07, 6.45) is 6.27. The molecule has 0 aromatic heterocycles. The van der Waals surface area contributed by atoms with Crippen molar-refractivity contribution in [3.05, 3.63) is 60.2 Å². The molecule has 2 aromatic rings. The zero-order valence-corrected chi connectivity index (χ0v) is 14.7. The first-order valence-electron chi connectivity index (χ1n) is 8.70. The fourth-order valence-corrected chi connectivity index (χ4v) is 2.69. The van der Waals surface area contributed by atoms with Crippen molar-refractivity contribution >= 4 is 10.8 Å². The van der Waals surface area contributed by atoms with E-state index in [9.17, 15) is 5.11 Å². The summed E-state index contributed by atoms with van der Waals surface area (Å²) in [4.78, 5) is 2.26. The number of benzene rings is 2. The highest BCUT2D eigenvalue weighted by molar-refractivity contribution is 5.85. The molecule has 0 spiro atoms. The molecule has 0 amide bonds. The molecule has 0 saturated heterocycles. The van der Waals surface area contributed by atoms with Crippen LogP contribution in [0.5, 0.6) is 0 Å². The molecule has 0 aliphatic rings. The highest BCUT2D eigenvalue weighted by Crippen LogP contribution is 2.19. The molecule has 126 valence electrons. The second kappa shape index (κ2) is 9.93. The monoisotopic (exact) mass is 321 g/mol. The van der Waals surface area contributed by atoms with Gasteiger partial charge in [-0.05, 0) is 35.9 Å². The molecule has 0 aliphatic heterocycles. The van der Waals surface area contributed by atoms with Gasteiger partial charge in [0.1, 0.15) is 6.10 Å². The lowest BCUT2D eigenvalue weighted by Gasteiger charge is -2.15. The molecule has 1 atom stereocenters. The van der Waals surface area contributed by atoms with Crippen molar-refractivity contribution in [2.45, 2.75) is 38.8 Å². The molecule has 0 bridgehead atoms. The average molecular weight is 321 g/mol. The summed E-state index contributed by atoms with van der Waals surface area (Å²) in [5, 5.41) is 12.3. The van der Waals surface area contributed by atoms with Crippen LogP contribution in [0, 0.1) is 11.8 Å². The predicted octanol–water partition coefficient (Wildman–Crippen LogP) is 4.38. The standard InChI is InChI=1S/C22H27NO/c1-3-4-14-21(24)15-6-5-9-17-23(2)18-20-13-10-12-19-11-7-8-16-22(19)20/h5,7-13,16,21,24H,3-4,14,17-18H2,1-2H3/b9-5+. The summed E-state index contributed by atoms with van der Waals surface area (Å²) >= 11 is 0. The van der Waals surface area contributed by atoms with Crippen molar-refractivity contribution in [2.75, 3.05) is 13.6 Å². The Balaban J connectivity index is 1.86. The van der Waals surface area contributed by atoms with Crippen LogP contribution < -0.4 is 0 Å². The van der Waals surface area contributed by atoms with Gasteiger partial charge in [0.25, 0.3) is 0 Å². The molecular weight excluding hydrogens is 294 g/mol. The summed E-state index contributed by atoms with van der Waals surface area (Å²) in [6.45, 7) is 3.85. The fraction of sp³-hybridized carbons (Fsp3) is 0.364. The number of aliphatic hydroxyl groups is 1. The van der Waals surface area contributed by atoms with Crippen molar-refractivity contribution < 1.29 is 5.11 Å². The Labute approximate surface area is 145 Å². The van der Waals surface area contributed by atoms with E-state index < -0.39 is 6.10 Å². The zero-order chi connectivity index (χ0) is 17.2. The van der Waals surface area contributed by atoms with Crippen molar-refractivity contribution in [1.29, 1.82) is 0 Å². The van der Waals surface area contributed by atoms with Crippen LogP contribution in [0.2, 0.25) is 0 Å². The molecule has 0 fully saturated rings. The summed E-state index contributed by atoms with van der Waals surface area (Å²) in [5.41, 5.74) is 1.34. The van der Waals surface area contributed by atoms with Gasteiger partial charge in [-0.2, -0.15) is 0 Å². The minimum atomic E-state index is -0.497. The van der Waals surface area contributed by atoms with E-state index >= 15 is 0 Å². The third-order valence-electron chi connectivity index (χ3n) is 4.02. The van der Waals surface area contributed by atoms with Gasteiger partial charge in [-0.25, -0.2) is 0 Å². The molecular formula is C22H27NO. The normalized spacial score (nSPS) is 12.5. The van der Waals surface area contributed by atoms with Crippen molar-refractivity contribution in [3.8, 4) is 11.8 Å². The number of fused-ring (bicyclic) bond motifs is 1. The molecule has 2 aromatic carbocycles. The molecule has 0 heterocycles. The zero-order valence-electron chi connectivity index (χ0n) is 14.7. The van der Waals surface area contributed by atoms with E-state index in [4.69, 9.17) is 0 Å². The maximum absolute atomic E-state index is 9.67. The summed E-state index contributed by atoms with van der Waals surface area (Å²) in [5.74, 6) is 5.80. The van der Waals surface area contributed by atoms with Crippen molar-refractivity contribution in [1.82, 2.24) is 4.90 Å². The van der Waals surface area contributed by atoms with E-state index in [1.807, 2.05) is 12.2 Å². The van der Waals surface area contributed by atoms with E-state index in [1.54, 1.807) is 0 Å². The molecule has 0 radical (unpaired) electrons. The Morgan fingerprint density at radius 1 is 1.17 bits per heavy atom. The number of rotatable bonds is 7. The number of hydrogen-bond donors (Lipinski definition) is 1. The number of aliphatic hydroxyl groups excluding tert-OH is 1. The van der Waals surface area contributed by atoms with Gasteiger partial charge in [-0.15, -0.1) is 0 Å². The van der Waals surface area contributed by atoms with Crippen LogP contribution >= 0.6 is 0 Å². The first-order valence-corrected chi connectivity index (χ1v) is 8.70. The molecule has 2 rings (SSSR count). The number of nitrogens with zero attached hydrogens (tertiary/aromatic N) is 1. The topological polar surface area (TPSA) is 23.5 Å². The van der Waals surface area contributed by atoms with Gasteiger partial charge < -0.3 is 5.11 Å². The van der Waals surface area contributed by atoms with E-state index in [1.165, 1.54) is 16.3 Å². The quantitative estimate of drug-likeness (QED) is 0.765. The second-order valence-electron chi connectivity index (χ2n) is 6.18. The fourth-order valence-electron chi connectivity index (χ4n) is 2.69. The highest BCUT2D eigenvalue weighted by Gasteiger charge is 2.03. The maximum Gasteiger partial charge on any atom is 0.115 e. The Bertz CT molecular complexity index is 718. The van der Waals surface area contributed by atoms with Gasteiger partial charge in [0.2, 0.25) is 0 Å². The van der Waals surface area contributed by atoms with Crippen LogP contribution in [0.15, 0.2) is 54.6 Å². The summed E-state index contributed by atoms with van der Waals surface area (Å²) in [6, 6.07) is 14.9. The van der Waals surface area contributed by atoms with Crippen LogP contribution in [0.3, 0.4) is 0 Å². The van der Waals surface area contributed by atoms with E-state index in [2.05, 4.69) is 73.2 Å².